The summed E-state index contributed by atoms with van der Waals surface area (Å²) in [5.41, 5.74) is 1.58. The lowest BCUT2D eigenvalue weighted by atomic mass is 9.96. The van der Waals surface area contributed by atoms with Crippen LogP contribution in [0.4, 0.5) is 4.39 Å². The number of carbonyl (C=O) groups excluding carboxylic acids is 1. The SMILES string of the molecule is COc1ccccc1CCC(=O)N1CCC[C@@H](c2noc(-c3cccc(F)c3)n2)C1. The second kappa shape index (κ2) is 9.07. The van der Waals surface area contributed by atoms with Gasteiger partial charge in [-0.25, -0.2) is 4.39 Å². The molecule has 6 nitrogen and oxygen atoms in total. The van der Waals surface area contributed by atoms with Gasteiger partial charge in [0.1, 0.15) is 11.6 Å². The molecule has 7 heteroatoms. The summed E-state index contributed by atoms with van der Waals surface area (Å²) in [6.45, 7) is 1.29. The fraction of sp³-hybridized carbons (Fsp3) is 0.348. The van der Waals surface area contributed by atoms with E-state index in [9.17, 15) is 9.18 Å². The standard InChI is InChI=1S/C23H24FN3O3/c1-29-20-10-3-2-6-16(20)11-12-21(28)27-13-5-8-18(15-27)22-25-23(30-26-22)17-7-4-9-19(24)14-17/h2-4,6-7,9-10,14,18H,5,8,11-13,15H2,1H3/t18-/m1/s1. The van der Waals surface area contributed by atoms with E-state index < -0.39 is 0 Å². The van der Waals surface area contributed by atoms with E-state index in [2.05, 4.69) is 10.1 Å². The molecule has 156 valence electrons. The van der Waals surface area contributed by atoms with E-state index in [4.69, 9.17) is 9.26 Å². The molecule has 1 atom stereocenters. The van der Waals surface area contributed by atoms with Crippen molar-refractivity contribution in [3.8, 4) is 17.2 Å². The highest BCUT2D eigenvalue weighted by Crippen LogP contribution is 2.28. The minimum absolute atomic E-state index is 0.0139. The van der Waals surface area contributed by atoms with Gasteiger partial charge in [-0.15, -0.1) is 0 Å². The second-order valence-corrected chi connectivity index (χ2v) is 7.46. The summed E-state index contributed by atoms with van der Waals surface area (Å²) >= 11 is 0. The number of methoxy groups -OCH3 is 1. The Morgan fingerprint density at radius 2 is 2.13 bits per heavy atom. The first-order chi connectivity index (χ1) is 14.6. The summed E-state index contributed by atoms with van der Waals surface area (Å²) in [4.78, 5) is 19.1. The van der Waals surface area contributed by atoms with E-state index in [0.29, 0.717) is 36.7 Å². The first kappa shape index (κ1) is 20.1. The highest BCUT2D eigenvalue weighted by Gasteiger charge is 2.28. The number of aromatic nitrogens is 2. The molecule has 1 saturated heterocycles. The number of ether oxygens (including phenoxy) is 1. The molecular formula is C23H24FN3O3. The smallest absolute Gasteiger partial charge is 0.258 e. The van der Waals surface area contributed by atoms with Gasteiger partial charge in [-0.3, -0.25) is 4.79 Å². The Hall–Kier alpha value is -3.22. The maximum absolute atomic E-state index is 13.5. The predicted octanol–water partition coefficient (Wildman–Crippen LogP) is 4.22. The maximum Gasteiger partial charge on any atom is 0.258 e. The molecule has 0 spiro atoms. The number of piperidine rings is 1. The van der Waals surface area contributed by atoms with Crippen LogP contribution in [0.25, 0.3) is 11.5 Å². The Bertz CT molecular complexity index is 1020. The third-order valence-electron chi connectivity index (χ3n) is 5.45. The van der Waals surface area contributed by atoms with Crippen LogP contribution in [0.15, 0.2) is 53.1 Å². The Labute approximate surface area is 174 Å². The number of likely N-dealkylation sites (tertiary alicyclic amines) is 1. The molecule has 0 unspecified atom stereocenters. The summed E-state index contributed by atoms with van der Waals surface area (Å²) in [5.74, 6) is 1.44. The molecule has 4 rings (SSSR count). The van der Waals surface area contributed by atoms with Crippen molar-refractivity contribution >= 4 is 5.91 Å². The summed E-state index contributed by atoms with van der Waals surface area (Å²) in [7, 11) is 1.64. The summed E-state index contributed by atoms with van der Waals surface area (Å²) in [6.07, 6.45) is 2.83. The van der Waals surface area contributed by atoms with Crippen molar-refractivity contribution in [2.24, 2.45) is 0 Å². The number of rotatable bonds is 6. The first-order valence-corrected chi connectivity index (χ1v) is 10.1. The third kappa shape index (κ3) is 4.50. The number of carbonyl (C=O) groups is 1. The zero-order valence-electron chi connectivity index (χ0n) is 16.9. The highest BCUT2D eigenvalue weighted by atomic mass is 19.1. The van der Waals surface area contributed by atoms with Gasteiger partial charge in [-0.1, -0.05) is 29.4 Å². The number of amides is 1. The van der Waals surface area contributed by atoms with Crippen LogP contribution < -0.4 is 4.74 Å². The van der Waals surface area contributed by atoms with Crippen molar-refractivity contribution in [2.45, 2.75) is 31.6 Å². The lowest BCUT2D eigenvalue weighted by molar-refractivity contribution is -0.132. The molecule has 1 aliphatic heterocycles. The van der Waals surface area contributed by atoms with Crippen LogP contribution in [-0.4, -0.2) is 41.1 Å². The Morgan fingerprint density at radius 3 is 2.97 bits per heavy atom. The van der Waals surface area contributed by atoms with Crippen LogP contribution in [0.3, 0.4) is 0 Å². The van der Waals surface area contributed by atoms with Gasteiger partial charge in [0, 0.05) is 31.0 Å². The molecule has 0 N–H and O–H groups in total. The molecule has 30 heavy (non-hydrogen) atoms. The molecule has 2 heterocycles. The molecule has 0 radical (unpaired) electrons. The van der Waals surface area contributed by atoms with Gasteiger partial charge in [-0.05, 0) is 49.1 Å². The Balaban J connectivity index is 1.39. The zero-order chi connectivity index (χ0) is 20.9. The van der Waals surface area contributed by atoms with Crippen molar-refractivity contribution in [2.75, 3.05) is 20.2 Å². The Kier molecular flexibility index (Phi) is 6.07. The van der Waals surface area contributed by atoms with Gasteiger partial charge in [0.25, 0.3) is 5.89 Å². The van der Waals surface area contributed by atoms with Gasteiger partial charge in [-0.2, -0.15) is 4.98 Å². The average Bonchev–Trinajstić information content (AvgIpc) is 3.28. The fourth-order valence-electron chi connectivity index (χ4n) is 3.86. The molecule has 1 fully saturated rings. The van der Waals surface area contributed by atoms with E-state index in [1.807, 2.05) is 29.2 Å². The lowest BCUT2D eigenvalue weighted by Gasteiger charge is -2.31. The maximum atomic E-state index is 13.5. The molecule has 1 amide bonds. The molecule has 1 aromatic heterocycles. The number of hydrogen-bond acceptors (Lipinski definition) is 5. The highest BCUT2D eigenvalue weighted by molar-refractivity contribution is 5.76. The molecule has 0 bridgehead atoms. The molecule has 1 aliphatic rings. The number of nitrogens with zero attached hydrogens (tertiary/aromatic N) is 3. The number of para-hydroxylation sites is 1. The number of hydrogen-bond donors (Lipinski definition) is 0. The van der Waals surface area contributed by atoms with Crippen molar-refractivity contribution in [1.29, 1.82) is 0 Å². The lowest BCUT2D eigenvalue weighted by Crippen LogP contribution is -2.39. The van der Waals surface area contributed by atoms with Crippen LogP contribution in [0.1, 0.15) is 36.6 Å². The van der Waals surface area contributed by atoms with Crippen LogP contribution in [-0.2, 0) is 11.2 Å². The molecular weight excluding hydrogens is 385 g/mol. The third-order valence-corrected chi connectivity index (χ3v) is 5.45. The van der Waals surface area contributed by atoms with Crippen LogP contribution in [0.5, 0.6) is 5.75 Å². The Morgan fingerprint density at radius 1 is 1.27 bits per heavy atom. The second-order valence-electron chi connectivity index (χ2n) is 7.46. The van der Waals surface area contributed by atoms with E-state index in [1.54, 1.807) is 19.2 Å². The molecule has 0 saturated carbocycles. The minimum Gasteiger partial charge on any atom is -0.496 e. The average molecular weight is 409 g/mol. The number of aryl methyl sites for hydroxylation is 1. The zero-order valence-corrected chi connectivity index (χ0v) is 16.9. The van der Waals surface area contributed by atoms with Gasteiger partial charge in [0.15, 0.2) is 5.82 Å². The predicted molar refractivity (Wildman–Crippen MR) is 110 cm³/mol. The molecule has 3 aromatic rings. The summed E-state index contributed by atoms with van der Waals surface area (Å²) < 4.78 is 24.2. The van der Waals surface area contributed by atoms with Gasteiger partial charge in [0.05, 0.1) is 7.11 Å². The van der Waals surface area contributed by atoms with Gasteiger partial charge in [0.2, 0.25) is 5.91 Å². The first-order valence-electron chi connectivity index (χ1n) is 10.1. The largest absolute Gasteiger partial charge is 0.496 e. The number of benzene rings is 2. The van der Waals surface area contributed by atoms with Crippen LogP contribution in [0.2, 0.25) is 0 Å². The minimum atomic E-state index is -0.350. The van der Waals surface area contributed by atoms with Crippen LogP contribution in [0, 0.1) is 5.82 Å². The van der Waals surface area contributed by atoms with Crippen molar-refractivity contribution in [3.05, 3.63) is 65.7 Å². The normalized spacial score (nSPS) is 16.5. The van der Waals surface area contributed by atoms with Crippen molar-refractivity contribution in [1.82, 2.24) is 15.0 Å². The molecule has 0 aliphatic carbocycles. The fourth-order valence-corrected chi connectivity index (χ4v) is 3.86. The van der Waals surface area contributed by atoms with Crippen molar-refractivity contribution in [3.63, 3.8) is 0 Å². The monoisotopic (exact) mass is 409 g/mol. The quantitative estimate of drug-likeness (QED) is 0.610. The van der Waals surface area contributed by atoms with Gasteiger partial charge < -0.3 is 14.2 Å². The number of halogens is 1. The van der Waals surface area contributed by atoms with E-state index >= 15 is 0 Å². The topological polar surface area (TPSA) is 68.5 Å². The van der Waals surface area contributed by atoms with E-state index in [0.717, 1.165) is 30.7 Å². The van der Waals surface area contributed by atoms with Gasteiger partial charge >= 0.3 is 0 Å². The van der Waals surface area contributed by atoms with E-state index in [-0.39, 0.29) is 17.6 Å². The molecule has 2 aromatic carbocycles. The summed E-state index contributed by atoms with van der Waals surface area (Å²) in [6, 6.07) is 13.8. The summed E-state index contributed by atoms with van der Waals surface area (Å²) in [5, 5.41) is 4.09. The van der Waals surface area contributed by atoms with E-state index in [1.165, 1.54) is 12.1 Å². The van der Waals surface area contributed by atoms with Crippen LogP contribution >= 0.6 is 0 Å². The van der Waals surface area contributed by atoms with Crippen molar-refractivity contribution < 1.29 is 18.4 Å².